The van der Waals surface area contributed by atoms with Gasteiger partial charge < -0.3 is 11.1 Å². The minimum absolute atomic E-state index is 0.213. The van der Waals surface area contributed by atoms with Crippen LogP contribution in [0.25, 0.3) is 0 Å². The van der Waals surface area contributed by atoms with E-state index in [9.17, 15) is 13.2 Å². The fraction of sp³-hybridized carbons (Fsp3) is 0.545. The molecule has 0 aliphatic carbocycles. The summed E-state index contributed by atoms with van der Waals surface area (Å²) < 4.78 is 22.6. The van der Waals surface area contributed by atoms with E-state index in [1.165, 1.54) is 11.3 Å². The Morgan fingerprint density at radius 1 is 1.56 bits per heavy atom. The molecule has 0 radical (unpaired) electrons. The molecule has 7 heteroatoms. The second-order valence-corrected chi connectivity index (χ2v) is 7.79. The zero-order valence-corrected chi connectivity index (χ0v) is 11.5. The van der Waals surface area contributed by atoms with E-state index in [0.717, 1.165) is 11.3 Å². The first kappa shape index (κ1) is 13.5. The van der Waals surface area contributed by atoms with Crippen molar-refractivity contribution in [2.75, 3.05) is 18.1 Å². The molecule has 0 spiro atoms. The first-order valence-electron chi connectivity index (χ1n) is 5.74. The van der Waals surface area contributed by atoms with Gasteiger partial charge in [-0.25, -0.2) is 8.42 Å². The van der Waals surface area contributed by atoms with Crippen LogP contribution in [-0.2, 0) is 16.4 Å². The molecule has 1 unspecified atom stereocenters. The van der Waals surface area contributed by atoms with Gasteiger partial charge in [-0.3, -0.25) is 4.79 Å². The highest BCUT2D eigenvalue weighted by molar-refractivity contribution is 7.91. The quantitative estimate of drug-likeness (QED) is 0.819. The molecule has 1 atom stereocenters. The Labute approximate surface area is 110 Å². The smallest absolute Gasteiger partial charge is 0.249 e. The number of carbonyl (C=O) groups is 1. The van der Waals surface area contributed by atoms with Crippen molar-refractivity contribution in [3.8, 4) is 0 Å². The van der Waals surface area contributed by atoms with Crippen molar-refractivity contribution in [1.82, 2.24) is 5.32 Å². The lowest BCUT2D eigenvalue weighted by atomic mass is 10.1. The number of hydrogen-bond donors (Lipinski definition) is 2. The molecule has 2 rings (SSSR count). The number of rotatable bonds is 5. The average molecular weight is 288 g/mol. The molecule has 3 N–H and O–H groups in total. The summed E-state index contributed by atoms with van der Waals surface area (Å²) in [5.74, 6) is 0.395. The fourth-order valence-corrected chi connectivity index (χ4v) is 4.74. The highest BCUT2D eigenvalue weighted by Crippen LogP contribution is 2.18. The number of carbonyl (C=O) groups excluding carboxylic acids is 1. The lowest BCUT2D eigenvalue weighted by Crippen LogP contribution is -2.22. The number of sulfone groups is 1. The molecule has 1 aromatic heterocycles. The summed E-state index contributed by atoms with van der Waals surface area (Å²) in [7, 11) is -2.80. The van der Waals surface area contributed by atoms with Crippen LogP contribution < -0.4 is 11.1 Å². The fourth-order valence-electron chi connectivity index (χ4n) is 2.04. The number of nitrogens with two attached hydrogens (primary N) is 1. The van der Waals surface area contributed by atoms with Gasteiger partial charge in [0.2, 0.25) is 5.91 Å². The van der Waals surface area contributed by atoms with E-state index >= 15 is 0 Å². The van der Waals surface area contributed by atoms with Gasteiger partial charge in [0.05, 0.1) is 17.1 Å². The Hall–Kier alpha value is -0.920. The summed E-state index contributed by atoms with van der Waals surface area (Å²) in [6.07, 6.45) is 0.742. The van der Waals surface area contributed by atoms with Crippen LogP contribution in [0.4, 0.5) is 0 Å². The Bertz CT molecular complexity index is 536. The van der Waals surface area contributed by atoms with Crippen molar-refractivity contribution < 1.29 is 13.2 Å². The van der Waals surface area contributed by atoms with Gasteiger partial charge in [-0.2, -0.15) is 0 Å². The van der Waals surface area contributed by atoms with Crippen molar-refractivity contribution in [3.05, 3.63) is 21.9 Å². The molecule has 1 saturated heterocycles. The number of thiophene rings is 1. The van der Waals surface area contributed by atoms with Gasteiger partial charge in [0, 0.05) is 16.8 Å². The van der Waals surface area contributed by atoms with E-state index in [2.05, 4.69) is 5.32 Å². The van der Waals surface area contributed by atoms with Crippen LogP contribution in [0.15, 0.2) is 11.4 Å². The van der Waals surface area contributed by atoms with Crippen LogP contribution in [-0.4, -0.2) is 32.4 Å². The zero-order chi connectivity index (χ0) is 13.2. The maximum Gasteiger partial charge on any atom is 0.249 e. The van der Waals surface area contributed by atoms with Crippen LogP contribution >= 0.6 is 11.3 Å². The third kappa shape index (κ3) is 3.54. The number of nitrogens with one attached hydrogen (secondary N) is 1. The van der Waals surface area contributed by atoms with Crippen molar-refractivity contribution >= 4 is 27.1 Å². The molecule has 18 heavy (non-hydrogen) atoms. The van der Waals surface area contributed by atoms with E-state index in [-0.39, 0.29) is 11.7 Å². The summed E-state index contributed by atoms with van der Waals surface area (Å²) in [4.78, 5) is 11.9. The van der Waals surface area contributed by atoms with Crippen LogP contribution in [0, 0.1) is 5.92 Å². The van der Waals surface area contributed by atoms with Crippen molar-refractivity contribution in [2.24, 2.45) is 11.7 Å². The summed E-state index contributed by atoms with van der Waals surface area (Å²) in [5, 5.41) is 4.96. The van der Waals surface area contributed by atoms with Crippen molar-refractivity contribution in [3.63, 3.8) is 0 Å². The molecule has 1 aliphatic heterocycles. The normalized spacial score (nSPS) is 22.1. The van der Waals surface area contributed by atoms with E-state index in [1.807, 2.05) is 0 Å². The van der Waals surface area contributed by atoms with E-state index in [4.69, 9.17) is 5.73 Å². The Balaban J connectivity index is 1.77. The van der Waals surface area contributed by atoms with E-state index in [1.54, 1.807) is 11.4 Å². The van der Waals surface area contributed by atoms with Crippen LogP contribution in [0.2, 0.25) is 0 Å². The molecule has 1 amide bonds. The van der Waals surface area contributed by atoms with Gasteiger partial charge >= 0.3 is 0 Å². The van der Waals surface area contributed by atoms with Gasteiger partial charge in [0.25, 0.3) is 0 Å². The first-order valence-corrected chi connectivity index (χ1v) is 8.45. The predicted octanol–water partition coefficient (Wildman–Crippen LogP) is 0.371. The average Bonchev–Trinajstić information content (AvgIpc) is 2.86. The second-order valence-electron chi connectivity index (χ2n) is 4.57. The van der Waals surface area contributed by atoms with Crippen molar-refractivity contribution in [1.29, 1.82) is 0 Å². The third-order valence-corrected chi connectivity index (χ3v) is 5.77. The van der Waals surface area contributed by atoms with Gasteiger partial charge in [-0.1, -0.05) is 0 Å². The highest BCUT2D eigenvalue weighted by atomic mass is 32.2. The maximum absolute atomic E-state index is 11.3. The first-order chi connectivity index (χ1) is 8.46. The standard InChI is InChI=1S/C11H16N2O3S2/c12-11(14)9-3-10(17-6-9)5-13-4-8-1-2-18(15,16)7-8/h3,6,8,13H,1-2,4-5,7H2,(H2,12,14). The second kappa shape index (κ2) is 5.38. The van der Waals surface area contributed by atoms with Crippen LogP contribution in [0.5, 0.6) is 0 Å². The predicted molar refractivity (Wildman–Crippen MR) is 71.3 cm³/mol. The molecule has 1 aliphatic rings. The summed E-state index contributed by atoms with van der Waals surface area (Å²) in [6, 6.07) is 1.77. The molecule has 0 bridgehead atoms. The maximum atomic E-state index is 11.3. The number of amides is 1. The monoisotopic (exact) mass is 288 g/mol. The molecule has 2 heterocycles. The summed E-state index contributed by atoms with van der Waals surface area (Å²) in [5.41, 5.74) is 5.69. The van der Waals surface area contributed by atoms with Gasteiger partial charge in [-0.15, -0.1) is 11.3 Å². The Kier molecular flexibility index (Phi) is 4.04. The van der Waals surface area contributed by atoms with E-state index in [0.29, 0.717) is 24.4 Å². The lowest BCUT2D eigenvalue weighted by molar-refractivity contribution is 0.100. The Morgan fingerprint density at radius 3 is 2.89 bits per heavy atom. The number of primary amides is 1. The molecule has 1 aromatic rings. The van der Waals surface area contributed by atoms with Gasteiger partial charge in [-0.05, 0) is 24.9 Å². The molecular weight excluding hydrogens is 272 g/mol. The molecule has 100 valence electrons. The topological polar surface area (TPSA) is 89.3 Å². The molecular formula is C11H16N2O3S2. The SMILES string of the molecule is NC(=O)c1csc(CNCC2CCS(=O)(=O)C2)c1. The van der Waals surface area contributed by atoms with Crippen LogP contribution in [0.1, 0.15) is 21.7 Å². The zero-order valence-electron chi connectivity index (χ0n) is 9.89. The molecule has 0 saturated carbocycles. The largest absolute Gasteiger partial charge is 0.366 e. The summed E-state index contributed by atoms with van der Waals surface area (Å²) in [6.45, 7) is 1.34. The lowest BCUT2D eigenvalue weighted by Gasteiger charge is -2.08. The molecule has 0 aromatic carbocycles. The highest BCUT2D eigenvalue weighted by Gasteiger charge is 2.27. The van der Waals surface area contributed by atoms with E-state index < -0.39 is 15.7 Å². The van der Waals surface area contributed by atoms with Crippen molar-refractivity contribution in [2.45, 2.75) is 13.0 Å². The third-order valence-electron chi connectivity index (χ3n) is 3.00. The Morgan fingerprint density at radius 2 is 2.33 bits per heavy atom. The minimum Gasteiger partial charge on any atom is -0.366 e. The minimum atomic E-state index is -2.80. The molecule has 5 nitrogen and oxygen atoms in total. The van der Waals surface area contributed by atoms with Gasteiger partial charge in [0.15, 0.2) is 9.84 Å². The molecule has 1 fully saturated rings. The van der Waals surface area contributed by atoms with Crippen LogP contribution in [0.3, 0.4) is 0 Å². The number of hydrogen-bond acceptors (Lipinski definition) is 5. The van der Waals surface area contributed by atoms with Gasteiger partial charge in [0.1, 0.15) is 0 Å². The summed E-state index contributed by atoms with van der Waals surface area (Å²) >= 11 is 1.48.